The number of amides is 1. The fourth-order valence-corrected chi connectivity index (χ4v) is 2.60. The van der Waals surface area contributed by atoms with E-state index in [1.165, 1.54) is 6.07 Å². The highest BCUT2D eigenvalue weighted by molar-refractivity contribution is 5.87. The number of nitrogens with one attached hydrogen (secondary N) is 1. The van der Waals surface area contributed by atoms with Gasteiger partial charge in [-0.05, 0) is 17.7 Å². The Hall–Kier alpha value is -3.02. The van der Waals surface area contributed by atoms with Crippen molar-refractivity contribution in [2.24, 2.45) is 0 Å². The molecule has 0 saturated carbocycles. The molecule has 0 aliphatic rings. The maximum Gasteiger partial charge on any atom is 0.387 e. The van der Waals surface area contributed by atoms with Gasteiger partial charge in [-0.3, -0.25) is 9.78 Å². The van der Waals surface area contributed by atoms with Gasteiger partial charge in [-0.1, -0.05) is 42.5 Å². The van der Waals surface area contributed by atoms with Crippen LogP contribution in [-0.4, -0.2) is 17.5 Å². The average Bonchev–Trinajstić information content (AvgIpc) is 2.61. The summed E-state index contributed by atoms with van der Waals surface area (Å²) < 4.78 is 29.3. The van der Waals surface area contributed by atoms with Crippen LogP contribution in [0.5, 0.6) is 5.75 Å². The Balaban J connectivity index is 1.67. The van der Waals surface area contributed by atoms with Crippen LogP contribution in [0.1, 0.15) is 11.1 Å². The second-order valence-electron chi connectivity index (χ2n) is 5.43. The third-order valence-electron chi connectivity index (χ3n) is 3.73. The molecule has 4 nitrogen and oxygen atoms in total. The Morgan fingerprint density at radius 3 is 2.64 bits per heavy atom. The molecule has 0 unspecified atom stereocenters. The summed E-state index contributed by atoms with van der Waals surface area (Å²) in [5, 5.41) is 3.70. The van der Waals surface area contributed by atoms with Crippen LogP contribution in [0.4, 0.5) is 8.78 Å². The molecule has 0 bridgehead atoms. The number of carbonyl (C=O) groups is 1. The van der Waals surface area contributed by atoms with E-state index < -0.39 is 6.61 Å². The Labute approximate surface area is 143 Å². The van der Waals surface area contributed by atoms with Crippen LogP contribution in [-0.2, 0) is 17.8 Å². The predicted molar refractivity (Wildman–Crippen MR) is 90.4 cm³/mol. The van der Waals surface area contributed by atoms with Gasteiger partial charge in [0, 0.05) is 23.7 Å². The Morgan fingerprint density at radius 2 is 1.80 bits per heavy atom. The lowest BCUT2D eigenvalue weighted by atomic mass is 10.1. The van der Waals surface area contributed by atoms with Crippen LogP contribution in [0.3, 0.4) is 0 Å². The van der Waals surface area contributed by atoms with Crippen molar-refractivity contribution >= 4 is 16.8 Å². The van der Waals surface area contributed by atoms with Crippen LogP contribution < -0.4 is 10.1 Å². The molecule has 0 saturated heterocycles. The van der Waals surface area contributed by atoms with Gasteiger partial charge in [0.05, 0.1) is 11.9 Å². The molecular formula is C19H16F2N2O2. The van der Waals surface area contributed by atoms with E-state index >= 15 is 0 Å². The number of carbonyl (C=O) groups excluding carboxylic acids is 1. The number of hydrogen-bond acceptors (Lipinski definition) is 3. The highest BCUT2D eigenvalue weighted by Gasteiger charge is 2.11. The quantitative estimate of drug-likeness (QED) is 0.743. The largest absolute Gasteiger partial charge is 0.434 e. The van der Waals surface area contributed by atoms with Gasteiger partial charge in [0.1, 0.15) is 5.75 Å². The third kappa shape index (κ3) is 4.29. The number of benzene rings is 2. The number of nitrogens with zero attached hydrogens (tertiary/aromatic N) is 1. The van der Waals surface area contributed by atoms with Crippen molar-refractivity contribution in [3.63, 3.8) is 0 Å². The minimum Gasteiger partial charge on any atom is -0.434 e. The Kier molecular flexibility index (Phi) is 5.18. The van der Waals surface area contributed by atoms with Crippen molar-refractivity contribution in [1.82, 2.24) is 10.3 Å². The normalized spacial score (nSPS) is 10.8. The maximum atomic E-state index is 12.4. The summed E-state index contributed by atoms with van der Waals surface area (Å²) in [4.78, 5) is 16.6. The number of pyridine rings is 1. The van der Waals surface area contributed by atoms with Crippen molar-refractivity contribution in [1.29, 1.82) is 0 Å². The van der Waals surface area contributed by atoms with Crippen LogP contribution in [0.2, 0.25) is 0 Å². The molecule has 3 rings (SSSR count). The second-order valence-corrected chi connectivity index (χ2v) is 5.43. The topological polar surface area (TPSA) is 51.2 Å². The smallest absolute Gasteiger partial charge is 0.387 e. The van der Waals surface area contributed by atoms with Gasteiger partial charge < -0.3 is 10.1 Å². The molecule has 0 atom stereocenters. The first kappa shape index (κ1) is 16.8. The molecule has 1 aromatic heterocycles. The molecule has 1 heterocycles. The van der Waals surface area contributed by atoms with Gasteiger partial charge in [-0.15, -0.1) is 0 Å². The fraction of sp³-hybridized carbons (Fsp3) is 0.158. The Bertz CT molecular complexity index is 879. The van der Waals surface area contributed by atoms with Gasteiger partial charge in [-0.2, -0.15) is 8.78 Å². The van der Waals surface area contributed by atoms with Crippen molar-refractivity contribution in [3.8, 4) is 5.75 Å². The monoisotopic (exact) mass is 342 g/mol. The second kappa shape index (κ2) is 7.70. The van der Waals surface area contributed by atoms with Crippen molar-refractivity contribution < 1.29 is 18.3 Å². The molecular weight excluding hydrogens is 326 g/mol. The minimum atomic E-state index is -2.90. The van der Waals surface area contributed by atoms with Crippen molar-refractivity contribution in [2.45, 2.75) is 19.6 Å². The summed E-state index contributed by atoms with van der Waals surface area (Å²) in [5.41, 5.74) is 2.08. The van der Waals surface area contributed by atoms with E-state index in [1.807, 2.05) is 30.3 Å². The number of alkyl halides is 2. The van der Waals surface area contributed by atoms with Gasteiger partial charge in [0.25, 0.3) is 0 Å². The zero-order valence-corrected chi connectivity index (χ0v) is 13.3. The molecule has 6 heteroatoms. The summed E-state index contributed by atoms with van der Waals surface area (Å²) in [6, 6.07) is 15.8. The van der Waals surface area contributed by atoms with E-state index in [0.717, 1.165) is 16.5 Å². The summed E-state index contributed by atoms with van der Waals surface area (Å²) in [6.07, 6.45) is 1.84. The molecule has 1 amide bonds. The number of ether oxygens (including phenoxy) is 1. The lowest BCUT2D eigenvalue weighted by Gasteiger charge is -2.11. The molecule has 25 heavy (non-hydrogen) atoms. The minimum absolute atomic E-state index is 0.0598. The SMILES string of the molecule is O=C(Cc1cccc2cccnc12)NCc1ccccc1OC(F)F. The van der Waals surface area contributed by atoms with E-state index in [1.54, 1.807) is 24.4 Å². The number of hydrogen-bond donors (Lipinski definition) is 1. The number of para-hydroxylation sites is 2. The highest BCUT2D eigenvalue weighted by atomic mass is 19.3. The fourth-order valence-electron chi connectivity index (χ4n) is 2.60. The molecule has 3 aromatic rings. The molecule has 2 aromatic carbocycles. The Morgan fingerprint density at radius 1 is 1.04 bits per heavy atom. The number of rotatable bonds is 6. The van der Waals surface area contributed by atoms with Crippen molar-refractivity contribution in [2.75, 3.05) is 0 Å². The zero-order valence-electron chi connectivity index (χ0n) is 13.3. The maximum absolute atomic E-state index is 12.4. The van der Waals surface area contributed by atoms with Gasteiger partial charge in [0.15, 0.2) is 0 Å². The molecule has 0 aliphatic heterocycles. The molecule has 1 N–H and O–H groups in total. The first-order chi connectivity index (χ1) is 12.1. The molecule has 0 radical (unpaired) electrons. The van der Waals surface area contributed by atoms with E-state index in [4.69, 9.17) is 0 Å². The average molecular weight is 342 g/mol. The summed E-state index contributed by atoms with van der Waals surface area (Å²) in [7, 11) is 0. The predicted octanol–water partition coefficient (Wildman–Crippen LogP) is 3.70. The molecule has 128 valence electrons. The van der Waals surface area contributed by atoms with Crippen LogP contribution in [0.25, 0.3) is 10.9 Å². The molecule has 0 fully saturated rings. The van der Waals surface area contributed by atoms with E-state index in [9.17, 15) is 13.6 Å². The van der Waals surface area contributed by atoms with Crippen molar-refractivity contribution in [3.05, 3.63) is 71.9 Å². The number of fused-ring (bicyclic) bond motifs is 1. The number of halogens is 2. The first-order valence-electron chi connectivity index (χ1n) is 7.75. The van der Waals surface area contributed by atoms with Gasteiger partial charge >= 0.3 is 6.61 Å². The van der Waals surface area contributed by atoms with Gasteiger partial charge in [-0.25, -0.2) is 0 Å². The first-order valence-corrected chi connectivity index (χ1v) is 7.75. The molecule has 0 spiro atoms. The lowest BCUT2D eigenvalue weighted by molar-refractivity contribution is -0.120. The summed E-state index contributed by atoms with van der Waals surface area (Å²) in [5.74, 6) is -0.158. The van der Waals surface area contributed by atoms with Crippen LogP contribution >= 0.6 is 0 Å². The van der Waals surface area contributed by atoms with E-state index in [2.05, 4.69) is 15.0 Å². The van der Waals surface area contributed by atoms with E-state index in [0.29, 0.717) is 5.56 Å². The summed E-state index contributed by atoms with van der Waals surface area (Å²) >= 11 is 0. The molecule has 0 aliphatic carbocycles. The zero-order chi connectivity index (χ0) is 17.6. The lowest BCUT2D eigenvalue weighted by Crippen LogP contribution is -2.25. The van der Waals surface area contributed by atoms with Gasteiger partial charge in [0.2, 0.25) is 5.91 Å². The number of aromatic nitrogens is 1. The summed E-state index contributed by atoms with van der Waals surface area (Å²) in [6.45, 7) is -2.79. The third-order valence-corrected chi connectivity index (χ3v) is 3.73. The standard InChI is InChI=1S/C19H16F2N2O2/c20-19(21)25-16-9-2-1-5-15(16)12-23-17(24)11-14-7-3-6-13-8-4-10-22-18(13)14/h1-10,19H,11-12H2,(H,23,24). The van der Waals surface area contributed by atoms with Crippen LogP contribution in [0.15, 0.2) is 60.8 Å². The highest BCUT2D eigenvalue weighted by Crippen LogP contribution is 2.20. The van der Waals surface area contributed by atoms with Crippen LogP contribution in [0, 0.1) is 0 Å². The van der Waals surface area contributed by atoms with E-state index in [-0.39, 0.29) is 24.6 Å².